The van der Waals surface area contributed by atoms with Gasteiger partial charge in [-0.2, -0.15) is 0 Å². The van der Waals surface area contributed by atoms with Gasteiger partial charge in [0, 0.05) is 10.5 Å². The van der Waals surface area contributed by atoms with Gasteiger partial charge in [-0.15, -0.1) is 11.8 Å². The first-order valence-corrected chi connectivity index (χ1v) is 9.65. The van der Waals surface area contributed by atoms with Crippen molar-refractivity contribution in [1.29, 1.82) is 0 Å². The molecule has 0 aromatic heterocycles. The first-order valence-electron chi connectivity index (χ1n) is 8.67. The Hall–Kier alpha value is -0.630. The zero-order valence-corrected chi connectivity index (χ0v) is 14.7. The molecule has 21 heavy (non-hydrogen) atoms. The minimum absolute atomic E-state index is 0.420. The standard InChI is InChI=1S/C19H32OS/c1-3-4-5-6-7-8-9-10-11-12-16-21-19-15-13-14-18(20)17(19)2/h13-15,20H,3-12,16H2,1-2H3. The van der Waals surface area contributed by atoms with Gasteiger partial charge in [-0.25, -0.2) is 0 Å². The summed E-state index contributed by atoms with van der Waals surface area (Å²) in [4.78, 5) is 1.23. The van der Waals surface area contributed by atoms with Gasteiger partial charge in [0.1, 0.15) is 5.75 Å². The van der Waals surface area contributed by atoms with Gasteiger partial charge in [0.2, 0.25) is 0 Å². The van der Waals surface area contributed by atoms with Gasteiger partial charge in [0.05, 0.1) is 0 Å². The maximum Gasteiger partial charge on any atom is 0.119 e. The summed E-state index contributed by atoms with van der Waals surface area (Å²) in [6.07, 6.45) is 13.9. The number of benzene rings is 1. The van der Waals surface area contributed by atoms with Crippen molar-refractivity contribution in [3.63, 3.8) is 0 Å². The Balaban J connectivity index is 1.94. The van der Waals surface area contributed by atoms with Crippen LogP contribution in [-0.2, 0) is 0 Å². The van der Waals surface area contributed by atoms with Gasteiger partial charge in [0.15, 0.2) is 0 Å². The molecule has 120 valence electrons. The molecule has 0 spiro atoms. The summed E-state index contributed by atoms with van der Waals surface area (Å²) >= 11 is 1.88. The first kappa shape index (κ1) is 18.4. The Morgan fingerprint density at radius 2 is 1.43 bits per heavy atom. The molecule has 1 aromatic carbocycles. The second kappa shape index (κ2) is 12.0. The molecule has 0 fully saturated rings. The minimum atomic E-state index is 0.420. The lowest BCUT2D eigenvalue weighted by atomic mass is 10.1. The van der Waals surface area contributed by atoms with Crippen molar-refractivity contribution < 1.29 is 5.11 Å². The second-order valence-electron chi connectivity index (χ2n) is 5.93. The molecule has 0 radical (unpaired) electrons. The highest BCUT2D eigenvalue weighted by atomic mass is 32.2. The molecule has 0 aliphatic heterocycles. The summed E-state index contributed by atoms with van der Waals surface area (Å²) in [5.74, 6) is 1.59. The Kier molecular flexibility index (Phi) is 10.5. The average molecular weight is 309 g/mol. The van der Waals surface area contributed by atoms with E-state index in [1.165, 1.54) is 74.9 Å². The summed E-state index contributed by atoms with van der Waals surface area (Å²) in [6, 6.07) is 5.80. The van der Waals surface area contributed by atoms with E-state index in [9.17, 15) is 5.11 Å². The largest absolute Gasteiger partial charge is 0.508 e. The van der Waals surface area contributed by atoms with Gasteiger partial charge >= 0.3 is 0 Å². The summed E-state index contributed by atoms with van der Waals surface area (Å²) in [6.45, 7) is 4.27. The molecule has 0 aliphatic carbocycles. The van der Waals surface area contributed by atoms with Crippen molar-refractivity contribution in [2.75, 3.05) is 5.75 Å². The lowest BCUT2D eigenvalue weighted by Crippen LogP contribution is -1.86. The maximum absolute atomic E-state index is 9.66. The van der Waals surface area contributed by atoms with Gasteiger partial charge in [-0.1, -0.05) is 70.8 Å². The fraction of sp³-hybridized carbons (Fsp3) is 0.684. The number of thioether (sulfide) groups is 1. The molecule has 0 saturated carbocycles. The molecule has 0 aliphatic rings. The van der Waals surface area contributed by atoms with Crippen LogP contribution in [0.1, 0.15) is 76.7 Å². The Bertz CT molecular complexity index is 376. The third kappa shape index (κ3) is 8.40. The van der Waals surface area contributed by atoms with E-state index in [0.717, 1.165) is 5.56 Å². The van der Waals surface area contributed by atoms with Gasteiger partial charge in [-0.3, -0.25) is 0 Å². The van der Waals surface area contributed by atoms with E-state index < -0.39 is 0 Å². The quantitative estimate of drug-likeness (QED) is 0.342. The zero-order chi connectivity index (χ0) is 15.3. The summed E-state index contributed by atoms with van der Waals surface area (Å²) in [7, 11) is 0. The molecule has 1 rings (SSSR count). The van der Waals surface area contributed by atoms with E-state index in [1.54, 1.807) is 6.07 Å². The van der Waals surface area contributed by atoms with Crippen LogP contribution >= 0.6 is 11.8 Å². The monoisotopic (exact) mass is 308 g/mol. The van der Waals surface area contributed by atoms with Crippen molar-refractivity contribution in [2.45, 2.75) is 83.0 Å². The predicted octanol–water partition coefficient (Wildman–Crippen LogP) is 6.71. The number of unbranched alkanes of at least 4 members (excludes halogenated alkanes) is 9. The molecule has 0 atom stereocenters. The van der Waals surface area contributed by atoms with Crippen molar-refractivity contribution in [1.82, 2.24) is 0 Å². The van der Waals surface area contributed by atoms with E-state index in [-0.39, 0.29) is 0 Å². The molecule has 2 heteroatoms. The molecule has 1 N–H and O–H groups in total. The molecule has 0 heterocycles. The van der Waals surface area contributed by atoms with E-state index in [0.29, 0.717) is 5.75 Å². The topological polar surface area (TPSA) is 20.2 Å². The van der Waals surface area contributed by atoms with Crippen LogP contribution in [0.15, 0.2) is 23.1 Å². The van der Waals surface area contributed by atoms with Crippen molar-refractivity contribution in [2.24, 2.45) is 0 Å². The van der Waals surface area contributed by atoms with Crippen molar-refractivity contribution in [3.8, 4) is 5.75 Å². The number of phenolic OH excluding ortho intramolecular Hbond substituents is 1. The number of hydrogen-bond donors (Lipinski definition) is 1. The van der Waals surface area contributed by atoms with Crippen LogP contribution < -0.4 is 0 Å². The number of hydrogen-bond acceptors (Lipinski definition) is 2. The lowest BCUT2D eigenvalue weighted by molar-refractivity contribution is 0.469. The zero-order valence-electron chi connectivity index (χ0n) is 13.9. The molecule has 0 amide bonds. The Morgan fingerprint density at radius 1 is 0.857 bits per heavy atom. The highest BCUT2D eigenvalue weighted by molar-refractivity contribution is 7.99. The van der Waals surface area contributed by atoms with Gasteiger partial charge in [-0.05, 0) is 31.2 Å². The SMILES string of the molecule is CCCCCCCCCCCCSc1cccc(O)c1C. The van der Waals surface area contributed by atoms with Crippen LogP contribution in [0.3, 0.4) is 0 Å². The van der Waals surface area contributed by atoms with Crippen LogP contribution in [0.4, 0.5) is 0 Å². The molecular weight excluding hydrogens is 276 g/mol. The van der Waals surface area contributed by atoms with Crippen LogP contribution in [0.2, 0.25) is 0 Å². The Morgan fingerprint density at radius 3 is 2.05 bits per heavy atom. The normalized spacial score (nSPS) is 11.0. The predicted molar refractivity (Wildman–Crippen MR) is 95.4 cm³/mol. The number of aromatic hydroxyl groups is 1. The molecule has 1 nitrogen and oxygen atoms in total. The first-order chi connectivity index (χ1) is 10.3. The van der Waals surface area contributed by atoms with Gasteiger partial charge in [0.25, 0.3) is 0 Å². The minimum Gasteiger partial charge on any atom is -0.508 e. The van der Waals surface area contributed by atoms with E-state index >= 15 is 0 Å². The highest BCUT2D eigenvalue weighted by Crippen LogP contribution is 2.29. The fourth-order valence-electron chi connectivity index (χ4n) is 2.53. The summed E-state index contributed by atoms with van der Waals surface area (Å²) in [5.41, 5.74) is 1.02. The van der Waals surface area contributed by atoms with E-state index in [2.05, 4.69) is 13.0 Å². The fourth-order valence-corrected chi connectivity index (χ4v) is 3.60. The maximum atomic E-state index is 9.66. The smallest absolute Gasteiger partial charge is 0.119 e. The van der Waals surface area contributed by atoms with Crippen LogP contribution in [0.5, 0.6) is 5.75 Å². The molecule has 0 unspecified atom stereocenters. The van der Waals surface area contributed by atoms with Crippen LogP contribution in [-0.4, -0.2) is 10.9 Å². The van der Waals surface area contributed by atoms with E-state index in [4.69, 9.17) is 0 Å². The second-order valence-corrected chi connectivity index (χ2v) is 7.07. The van der Waals surface area contributed by atoms with E-state index in [1.807, 2.05) is 24.8 Å². The molecular formula is C19H32OS. The summed E-state index contributed by atoms with van der Waals surface area (Å²) < 4.78 is 0. The van der Waals surface area contributed by atoms with Crippen LogP contribution in [0, 0.1) is 6.92 Å². The number of phenols is 1. The molecule has 0 bridgehead atoms. The third-order valence-electron chi connectivity index (χ3n) is 4.01. The highest BCUT2D eigenvalue weighted by Gasteiger charge is 2.02. The third-order valence-corrected chi connectivity index (χ3v) is 5.26. The van der Waals surface area contributed by atoms with Crippen molar-refractivity contribution in [3.05, 3.63) is 23.8 Å². The molecule has 0 saturated heterocycles. The lowest BCUT2D eigenvalue weighted by Gasteiger charge is -2.07. The van der Waals surface area contributed by atoms with Crippen molar-refractivity contribution >= 4 is 11.8 Å². The summed E-state index contributed by atoms with van der Waals surface area (Å²) in [5, 5.41) is 9.66. The molecule has 1 aromatic rings. The number of rotatable bonds is 12. The van der Waals surface area contributed by atoms with Crippen LogP contribution in [0.25, 0.3) is 0 Å². The average Bonchev–Trinajstić information content (AvgIpc) is 2.49. The Labute approximate surface area is 135 Å². The van der Waals surface area contributed by atoms with Gasteiger partial charge < -0.3 is 5.11 Å².